The van der Waals surface area contributed by atoms with Crippen LogP contribution in [0.1, 0.15) is 35.8 Å². The molecule has 6 heteroatoms. The number of pyridine rings is 1. The number of anilines is 1. The molecule has 1 aromatic carbocycles. The molecule has 0 unspecified atom stereocenters. The molecule has 2 aromatic rings. The van der Waals surface area contributed by atoms with E-state index >= 15 is 0 Å². The Morgan fingerprint density at radius 3 is 2.41 bits per heavy atom. The monoisotopic (exact) mass is 367 g/mol. The number of carbonyl (C=O) groups is 2. The molecule has 0 atom stereocenters. The molecule has 3 rings (SSSR count). The normalized spacial score (nSPS) is 14.8. The Hall–Kier alpha value is -2.89. The lowest BCUT2D eigenvalue weighted by Gasteiger charge is -2.30. The van der Waals surface area contributed by atoms with E-state index in [1.54, 1.807) is 43.3 Å². The number of hydrogen-bond donors (Lipinski definition) is 1. The maximum absolute atomic E-state index is 12.8. The van der Waals surface area contributed by atoms with Crippen molar-refractivity contribution in [1.29, 1.82) is 0 Å². The van der Waals surface area contributed by atoms with Crippen LogP contribution < -0.4 is 10.9 Å². The van der Waals surface area contributed by atoms with Gasteiger partial charge in [-0.05, 0) is 49.9 Å². The molecule has 0 spiro atoms. The van der Waals surface area contributed by atoms with Crippen LogP contribution in [0.4, 0.5) is 5.69 Å². The Bertz CT molecular complexity index is 881. The summed E-state index contributed by atoms with van der Waals surface area (Å²) in [5.41, 5.74) is 0.978. The molecule has 1 aliphatic rings. The van der Waals surface area contributed by atoms with Gasteiger partial charge in [0, 0.05) is 24.3 Å². The zero-order valence-electron chi connectivity index (χ0n) is 15.8. The van der Waals surface area contributed by atoms with Crippen molar-refractivity contribution in [2.75, 3.05) is 18.4 Å². The molecule has 1 fully saturated rings. The Labute approximate surface area is 158 Å². The molecule has 0 radical (unpaired) electrons. The number of aryl methyl sites for hydroxylation is 1. The van der Waals surface area contributed by atoms with Gasteiger partial charge in [-0.2, -0.15) is 0 Å². The van der Waals surface area contributed by atoms with Crippen LogP contribution in [0.5, 0.6) is 0 Å². The number of amides is 2. The summed E-state index contributed by atoms with van der Waals surface area (Å²) in [6.07, 6.45) is 1.99. The molecule has 1 N–H and O–H groups in total. The van der Waals surface area contributed by atoms with E-state index in [9.17, 15) is 14.4 Å². The number of likely N-dealkylation sites (tertiary alicyclic amines) is 1. The predicted octanol–water partition coefficient (Wildman–Crippen LogP) is 2.67. The number of nitrogens with one attached hydrogen (secondary N) is 1. The fourth-order valence-electron chi connectivity index (χ4n) is 3.24. The molecular formula is C21H25N3O3. The number of hydrogen-bond acceptors (Lipinski definition) is 3. The summed E-state index contributed by atoms with van der Waals surface area (Å²) in [7, 11) is 0. The lowest BCUT2D eigenvalue weighted by atomic mass is 9.99. The second-order valence-corrected chi connectivity index (χ2v) is 7.16. The van der Waals surface area contributed by atoms with E-state index in [1.807, 2.05) is 11.0 Å². The molecule has 142 valence electrons. The number of piperidine rings is 1. The van der Waals surface area contributed by atoms with E-state index in [-0.39, 0.29) is 29.6 Å². The minimum absolute atomic E-state index is 0.00586. The SMILES string of the molecule is Cc1ccc(NC(=O)c2ccccc2)c(=O)n1CC(=O)N1CCC(C)CC1. The van der Waals surface area contributed by atoms with Crippen LogP contribution in [0, 0.1) is 12.8 Å². The molecule has 1 saturated heterocycles. The van der Waals surface area contributed by atoms with E-state index in [0.29, 0.717) is 17.2 Å². The smallest absolute Gasteiger partial charge is 0.274 e. The van der Waals surface area contributed by atoms with E-state index in [4.69, 9.17) is 0 Å². The second kappa shape index (κ2) is 8.20. The standard InChI is InChI=1S/C21H25N3O3/c1-15-10-12-23(13-11-15)19(25)14-24-16(2)8-9-18(21(24)27)22-20(26)17-6-4-3-5-7-17/h3-9,15H,10-14H2,1-2H3,(H,22,26). The average Bonchev–Trinajstić information content (AvgIpc) is 2.68. The molecule has 0 aliphatic carbocycles. The molecule has 2 amide bonds. The van der Waals surface area contributed by atoms with Crippen LogP contribution in [0.25, 0.3) is 0 Å². The summed E-state index contributed by atoms with van der Waals surface area (Å²) in [5, 5.41) is 2.66. The van der Waals surface area contributed by atoms with Crippen molar-refractivity contribution >= 4 is 17.5 Å². The van der Waals surface area contributed by atoms with Gasteiger partial charge < -0.3 is 14.8 Å². The summed E-state index contributed by atoms with van der Waals surface area (Å²) in [5.74, 6) is 0.230. The molecule has 2 heterocycles. The summed E-state index contributed by atoms with van der Waals surface area (Å²) < 4.78 is 1.43. The van der Waals surface area contributed by atoms with Gasteiger partial charge in [-0.15, -0.1) is 0 Å². The summed E-state index contributed by atoms with van der Waals surface area (Å²) in [4.78, 5) is 39.6. The Kier molecular flexibility index (Phi) is 5.74. The zero-order valence-corrected chi connectivity index (χ0v) is 15.8. The Balaban J connectivity index is 1.76. The van der Waals surface area contributed by atoms with Gasteiger partial charge in [0.05, 0.1) is 0 Å². The van der Waals surface area contributed by atoms with Gasteiger partial charge in [-0.1, -0.05) is 25.1 Å². The fourth-order valence-corrected chi connectivity index (χ4v) is 3.24. The summed E-state index contributed by atoms with van der Waals surface area (Å²) in [6.45, 7) is 5.44. The lowest BCUT2D eigenvalue weighted by Crippen LogP contribution is -2.41. The van der Waals surface area contributed by atoms with Crippen LogP contribution in [-0.2, 0) is 11.3 Å². The van der Waals surface area contributed by atoms with Crippen molar-refractivity contribution in [3.63, 3.8) is 0 Å². The number of benzene rings is 1. The molecule has 1 aromatic heterocycles. The van der Waals surface area contributed by atoms with Gasteiger partial charge in [0.25, 0.3) is 11.5 Å². The van der Waals surface area contributed by atoms with Crippen molar-refractivity contribution in [1.82, 2.24) is 9.47 Å². The maximum atomic E-state index is 12.8. The average molecular weight is 367 g/mol. The van der Waals surface area contributed by atoms with Crippen LogP contribution in [-0.4, -0.2) is 34.4 Å². The largest absolute Gasteiger partial charge is 0.341 e. The number of aromatic nitrogens is 1. The van der Waals surface area contributed by atoms with Crippen molar-refractivity contribution in [2.45, 2.75) is 33.2 Å². The van der Waals surface area contributed by atoms with Gasteiger partial charge in [0.15, 0.2) is 0 Å². The first kappa shape index (κ1) is 18.9. The first-order chi connectivity index (χ1) is 13.0. The van der Waals surface area contributed by atoms with Crippen LogP contribution >= 0.6 is 0 Å². The number of nitrogens with zero attached hydrogens (tertiary/aromatic N) is 2. The molecule has 0 bridgehead atoms. The highest BCUT2D eigenvalue weighted by molar-refractivity contribution is 6.04. The Morgan fingerprint density at radius 2 is 1.74 bits per heavy atom. The second-order valence-electron chi connectivity index (χ2n) is 7.16. The van der Waals surface area contributed by atoms with Gasteiger partial charge in [-0.3, -0.25) is 14.4 Å². The topological polar surface area (TPSA) is 71.4 Å². The van der Waals surface area contributed by atoms with Gasteiger partial charge >= 0.3 is 0 Å². The highest BCUT2D eigenvalue weighted by Crippen LogP contribution is 2.16. The van der Waals surface area contributed by atoms with Gasteiger partial charge in [0.1, 0.15) is 12.2 Å². The van der Waals surface area contributed by atoms with Crippen molar-refractivity contribution in [3.05, 3.63) is 64.1 Å². The summed E-state index contributed by atoms with van der Waals surface area (Å²) >= 11 is 0. The van der Waals surface area contributed by atoms with Crippen molar-refractivity contribution < 1.29 is 9.59 Å². The van der Waals surface area contributed by atoms with E-state index in [1.165, 1.54) is 4.57 Å². The molecule has 1 aliphatic heterocycles. The van der Waals surface area contributed by atoms with E-state index in [2.05, 4.69) is 12.2 Å². The highest BCUT2D eigenvalue weighted by Gasteiger charge is 2.21. The highest BCUT2D eigenvalue weighted by atomic mass is 16.2. The maximum Gasteiger partial charge on any atom is 0.274 e. The third-order valence-electron chi connectivity index (χ3n) is 5.11. The van der Waals surface area contributed by atoms with Gasteiger partial charge in [0.2, 0.25) is 5.91 Å². The molecular weight excluding hydrogens is 342 g/mol. The van der Waals surface area contributed by atoms with Crippen molar-refractivity contribution in [3.8, 4) is 0 Å². The third-order valence-corrected chi connectivity index (χ3v) is 5.11. The van der Waals surface area contributed by atoms with E-state index < -0.39 is 0 Å². The van der Waals surface area contributed by atoms with E-state index in [0.717, 1.165) is 25.9 Å². The molecule has 0 saturated carbocycles. The molecule has 27 heavy (non-hydrogen) atoms. The minimum atomic E-state index is -0.363. The number of carbonyl (C=O) groups excluding carboxylic acids is 2. The molecule has 6 nitrogen and oxygen atoms in total. The van der Waals surface area contributed by atoms with Crippen LogP contribution in [0.3, 0.4) is 0 Å². The van der Waals surface area contributed by atoms with Crippen LogP contribution in [0.2, 0.25) is 0 Å². The quantitative estimate of drug-likeness (QED) is 0.903. The predicted molar refractivity (Wildman–Crippen MR) is 105 cm³/mol. The fraction of sp³-hybridized carbons (Fsp3) is 0.381. The third kappa shape index (κ3) is 4.45. The minimum Gasteiger partial charge on any atom is -0.341 e. The van der Waals surface area contributed by atoms with Crippen molar-refractivity contribution in [2.24, 2.45) is 5.92 Å². The first-order valence-electron chi connectivity index (χ1n) is 9.30. The Morgan fingerprint density at radius 1 is 1.07 bits per heavy atom. The van der Waals surface area contributed by atoms with Gasteiger partial charge in [-0.25, -0.2) is 0 Å². The first-order valence-corrected chi connectivity index (χ1v) is 9.30. The number of rotatable bonds is 4. The summed E-state index contributed by atoms with van der Waals surface area (Å²) in [6, 6.07) is 12.0. The van der Waals surface area contributed by atoms with Crippen LogP contribution in [0.15, 0.2) is 47.3 Å². The zero-order chi connectivity index (χ0) is 19.4. The lowest BCUT2D eigenvalue weighted by molar-refractivity contribution is -0.133.